The highest BCUT2D eigenvalue weighted by molar-refractivity contribution is 7.70. The second-order valence-corrected chi connectivity index (χ2v) is 4.08. The Morgan fingerprint density at radius 2 is 1.21 bits per heavy atom. The van der Waals surface area contributed by atoms with Gasteiger partial charge in [-0.3, -0.25) is 10.2 Å². The molecule has 2 aromatic rings. The summed E-state index contributed by atoms with van der Waals surface area (Å²) in [4.78, 5) is 12.9. The molecule has 2 rings (SSSR count). The van der Waals surface area contributed by atoms with Crippen molar-refractivity contribution in [3.63, 3.8) is 0 Å². The van der Waals surface area contributed by atoms with E-state index in [4.69, 9.17) is 0 Å². The number of carbonyl (C=O) groups is 1. The van der Waals surface area contributed by atoms with Crippen LogP contribution in [0.4, 0.5) is 0 Å². The van der Waals surface area contributed by atoms with Crippen LogP contribution in [0.3, 0.4) is 0 Å². The molecule has 6 heteroatoms. The van der Waals surface area contributed by atoms with Gasteiger partial charge < -0.3 is 0 Å². The van der Waals surface area contributed by atoms with E-state index in [0.29, 0.717) is 5.56 Å². The zero-order chi connectivity index (χ0) is 13.9. The topological polar surface area (TPSA) is 75.3 Å². The Kier molecular flexibility index (Phi) is 6.93. The summed E-state index contributed by atoms with van der Waals surface area (Å²) >= 11 is 0. The van der Waals surface area contributed by atoms with Gasteiger partial charge in [-0.15, -0.1) is 4.83 Å². The number of hydrogen-bond acceptors (Lipinski definition) is 3. The van der Waals surface area contributed by atoms with Crippen molar-refractivity contribution in [2.24, 2.45) is 0 Å². The molecule has 2 N–H and O–H groups in total. The largest absolute Gasteiger partial charge is 0.274 e. The Balaban J connectivity index is 0.000000250. The Labute approximate surface area is 113 Å². The monoisotopic (exact) mass is 278 g/mol. The zero-order valence-corrected chi connectivity index (χ0v) is 10.9. The van der Waals surface area contributed by atoms with Gasteiger partial charge in [-0.1, -0.05) is 54.6 Å². The van der Waals surface area contributed by atoms with Crippen LogP contribution >= 0.6 is 0 Å². The van der Waals surface area contributed by atoms with E-state index in [1.807, 2.05) is 41.8 Å². The van der Waals surface area contributed by atoms with Crippen molar-refractivity contribution < 1.29 is 13.2 Å². The number of benzene rings is 2. The number of rotatable bonds is 3. The van der Waals surface area contributed by atoms with E-state index < -0.39 is 16.8 Å². The molecule has 0 bridgehead atoms. The molecule has 0 radical (unpaired) electrons. The van der Waals surface area contributed by atoms with Crippen LogP contribution in [0, 0.1) is 0 Å². The summed E-state index contributed by atoms with van der Waals surface area (Å²) in [5.41, 5.74) is 2.41. The molecule has 0 aliphatic carbocycles. The lowest BCUT2D eigenvalue weighted by Gasteiger charge is -2.00. The van der Waals surface area contributed by atoms with Crippen LogP contribution in [-0.4, -0.2) is 14.3 Å². The number of hydrogen-bond donors (Lipinski definition) is 3. The van der Waals surface area contributed by atoms with Crippen molar-refractivity contribution in [3.05, 3.63) is 72.3 Å². The van der Waals surface area contributed by atoms with Gasteiger partial charge in [0.1, 0.15) is 0 Å². The minimum atomic E-state index is -2.81. The van der Waals surface area contributed by atoms with Gasteiger partial charge in [0.2, 0.25) is 10.9 Å². The molecule has 0 aliphatic heterocycles. The summed E-state index contributed by atoms with van der Waals surface area (Å²) in [6, 6.07) is 20.3. The Morgan fingerprint density at radius 1 is 0.789 bits per heavy atom. The number of thiol groups is 1. The fourth-order valence-electron chi connectivity index (χ4n) is 1.14. The predicted molar refractivity (Wildman–Crippen MR) is 73.8 cm³/mol. The van der Waals surface area contributed by atoms with Crippen molar-refractivity contribution in [1.29, 1.82) is 0 Å². The van der Waals surface area contributed by atoms with Gasteiger partial charge in [-0.2, -0.15) is 0 Å². The molecule has 2 aromatic carbocycles. The Hall–Kier alpha value is -2.18. The van der Waals surface area contributed by atoms with Gasteiger partial charge in [0.25, 0.3) is 5.91 Å². The lowest BCUT2D eigenvalue weighted by molar-refractivity contribution is 0.0945. The fourth-order valence-corrected chi connectivity index (χ4v) is 1.34. The number of amides is 1. The third kappa shape index (κ3) is 6.97. The van der Waals surface area contributed by atoms with Crippen molar-refractivity contribution in [3.8, 4) is 0 Å². The number of hydrazine groups is 1. The standard InChI is InChI=1S/C7H8N2O3S.C6H6/c10-7(8-9-13(11)12)6-4-2-1-3-5-6;1-2-4-6-5-3-1/h1-5,13H,(H,8,10)(H,9,11,12);1-6H. The first kappa shape index (κ1) is 14.9. The summed E-state index contributed by atoms with van der Waals surface area (Å²) in [6.45, 7) is 0. The summed E-state index contributed by atoms with van der Waals surface area (Å²) < 4.78 is 20.1. The van der Waals surface area contributed by atoms with E-state index in [2.05, 4.69) is 0 Å². The molecule has 0 aromatic heterocycles. The van der Waals surface area contributed by atoms with Crippen LogP contribution in [0.5, 0.6) is 0 Å². The van der Waals surface area contributed by atoms with Crippen molar-refractivity contribution in [2.45, 2.75) is 0 Å². The summed E-state index contributed by atoms with van der Waals surface area (Å²) in [7, 11) is -2.81. The minimum Gasteiger partial charge on any atom is -0.274 e. The maximum absolute atomic E-state index is 11.1. The SMILES string of the molecule is O=C(NN[SH](=O)=O)c1ccccc1.c1ccccc1. The Bertz CT molecular complexity index is 522. The highest BCUT2D eigenvalue weighted by Crippen LogP contribution is 1.96. The van der Waals surface area contributed by atoms with E-state index >= 15 is 0 Å². The third-order valence-corrected chi connectivity index (χ3v) is 2.26. The van der Waals surface area contributed by atoms with Crippen molar-refractivity contribution >= 4 is 16.8 Å². The van der Waals surface area contributed by atoms with Crippen molar-refractivity contribution in [2.75, 3.05) is 0 Å². The fraction of sp³-hybridized carbons (Fsp3) is 0. The van der Waals surface area contributed by atoms with E-state index in [-0.39, 0.29) is 0 Å². The molecule has 0 unspecified atom stereocenters. The normalized spacial score (nSPS) is 9.32. The van der Waals surface area contributed by atoms with Gasteiger partial charge in [-0.25, -0.2) is 8.42 Å². The van der Waals surface area contributed by atoms with Crippen LogP contribution in [0.1, 0.15) is 10.4 Å². The summed E-state index contributed by atoms with van der Waals surface area (Å²) in [5.74, 6) is -0.486. The van der Waals surface area contributed by atoms with Crippen LogP contribution in [0.15, 0.2) is 66.7 Å². The second-order valence-electron chi connectivity index (χ2n) is 3.34. The quantitative estimate of drug-likeness (QED) is 0.582. The predicted octanol–water partition coefficient (Wildman–Crippen LogP) is 1.13. The lowest BCUT2D eigenvalue weighted by atomic mass is 10.2. The first-order valence-corrected chi connectivity index (χ1v) is 6.63. The molecule has 0 spiro atoms. The average Bonchev–Trinajstić information content (AvgIpc) is 2.48. The molecule has 100 valence electrons. The maximum Gasteiger partial charge on any atom is 0.266 e. The van der Waals surface area contributed by atoms with Crippen LogP contribution in [0.2, 0.25) is 0 Å². The highest BCUT2D eigenvalue weighted by Gasteiger charge is 2.02. The van der Waals surface area contributed by atoms with E-state index in [9.17, 15) is 13.2 Å². The molecule has 19 heavy (non-hydrogen) atoms. The second kappa shape index (κ2) is 8.84. The van der Waals surface area contributed by atoms with Crippen LogP contribution in [0.25, 0.3) is 0 Å². The minimum absolute atomic E-state index is 0.395. The molecular formula is C13H14N2O3S. The van der Waals surface area contributed by atoms with Crippen molar-refractivity contribution in [1.82, 2.24) is 10.3 Å². The molecular weight excluding hydrogens is 264 g/mol. The molecule has 5 nitrogen and oxygen atoms in total. The summed E-state index contributed by atoms with van der Waals surface area (Å²) in [6.07, 6.45) is 0. The van der Waals surface area contributed by atoms with Crippen LogP contribution in [-0.2, 0) is 10.9 Å². The molecule has 0 saturated heterocycles. The highest BCUT2D eigenvalue weighted by atomic mass is 32.2. The lowest BCUT2D eigenvalue weighted by Crippen LogP contribution is -2.36. The first-order valence-electron chi connectivity index (χ1n) is 5.45. The smallest absolute Gasteiger partial charge is 0.266 e. The number of nitrogens with one attached hydrogen (secondary N) is 2. The molecule has 0 saturated carbocycles. The van der Waals surface area contributed by atoms with E-state index in [1.165, 1.54) is 0 Å². The Morgan fingerprint density at radius 3 is 1.63 bits per heavy atom. The first-order chi connectivity index (χ1) is 9.20. The van der Waals surface area contributed by atoms with E-state index in [0.717, 1.165) is 0 Å². The van der Waals surface area contributed by atoms with Crippen LogP contribution < -0.4 is 10.3 Å². The molecule has 0 heterocycles. The number of carbonyl (C=O) groups excluding carboxylic acids is 1. The van der Waals surface area contributed by atoms with Gasteiger partial charge in [0, 0.05) is 5.56 Å². The maximum atomic E-state index is 11.1. The molecule has 1 amide bonds. The van der Waals surface area contributed by atoms with Gasteiger partial charge in [0.05, 0.1) is 0 Å². The third-order valence-electron chi connectivity index (χ3n) is 1.96. The zero-order valence-electron chi connectivity index (χ0n) is 10.0. The van der Waals surface area contributed by atoms with Gasteiger partial charge >= 0.3 is 0 Å². The van der Waals surface area contributed by atoms with Gasteiger partial charge in [0.15, 0.2) is 0 Å². The molecule has 0 aliphatic rings. The molecule has 0 atom stereocenters. The average molecular weight is 278 g/mol. The van der Waals surface area contributed by atoms with Gasteiger partial charge in [-0.05, 0) is 12.1 Å². The summed E-state index contributed by atoms with van der Waals surface area (Å²) in [5, 5.41) is 0. The molecule has 0 fully saturated rings. The van der Waals surface area contributed by atoms with E-state index in [1.54, 1.807) is 35.2 Å².